The Bertz CT molecular complexity index is 642. The Kier molecular flexibility index (Phi) is 3.50. The van der Waals surface area contributed by atoms with Crippen molar-refractivity contribution in [3.05, 3.63) is 11.8 Å². The number of aromatic nitrogens is 2. The lowest BCUT2D eigenvalue weighted by Crippen LogP contribution is -2.13. The van der Waals surface area contributed by atoms with Gasteiger partial charge in [-0.3, -0.25) is 4.68 Å². The zero-order valence-corrected chi connectivity index (χ0v) is 10.9. The fourth-order valence-corrected chi connectivity index (χ4v) is 3.22. The highest BCUT2D eigenvalue weighted by Crippen LogP contribution is 2.24. The number of nitrogens with zero attached hydrogens (tertiary/aromatic N) is 4. The zero-order valence-electron chi connectivity index (χ0n) is 9.23. The molecule has 0 unspecified atom stereocenters. The second kappa shape index (κ2) is 4.92. The summed E-state index contributed by atoms with van der Waals surface area (Å²) in [6.45, 7) is 0.461. The molecule has 0 N–H and O–H groups in total. The van der Waals surface area contributed by atoms with E-state index in [1.54, 1.807) is 0 Å². The maximum atomic E-state index is 11.8. The smallest absolute Gasteiger partial charge is 0.310 e. The van der Waals surface area contributed by atoms with Crippen LogP contribution in [0.2, 0.25) is 0 Å². The molecule has 0 saturated heterocycles. The van der Waals surface area contributed by atoms with Gasteiger partial charge in [-0.25, -0.2) is 4.79 Å². The van der Waals surface area contributed by atoms with Crippen LogP contribution >= 0.6 is 11.8 Å². The number of oxime groups is 1. The van der Waals surface area contributed by atoms with Gasteiger partial charge in [0.1, 0.15) is 11.7 Å². The Hall–Kier alpha value is -1.64. The standard InChI is InChI=1S/C8H8N4O4S2/c1-12-8(18(14,15)10-5-13)6(4-9-12)7-11-16-2-3-17-7/h4H,2-3H2,1H3. The normalized spacial score (nSPS) is 15.5. The van der Waals surface area contributed by atoms with Crippen molar-refractivity contribution in [1.82, 2.24) is 9.78 Å². The van der Waals surface area contributed by atoms with E-state index in [1.807, 2.05) is 0 Å². The minimum atomic E-state index is -4.13. The van der Waals surface area contributed by atoms with Crippen LogP contribution in [0.25, 0.3) is 0 Å². The van der Waals surface area contributed by atoms with Gasteiger partial charge in [-0.05, 0) is 0 Å². The van der Waals surface area contributed by atoms with Crippen LogP contribution in [0.4, 0.5) is 0 Å². The Labute approximate surface area is 107 Å². The number of sulfonamides is 1. The van der Waals surface area contributed by atoms with Gasteiger partial charge in [0.05, 0.1) is 11.8 Å². The Balaban J connectivity index is 2.58. The molecule has 0 aromatic carbocycles. The highest BCUT2D eigenvalue weighted by molar-refractivity contribution is 8.14. The molecule has 0 radical (unpaired) electrons. The number of hydrogen-bond donors (Lipinski definition) is 0. The second-order valence-corrected chi connectivity index (χ2v) is 5.83. The molecule has 1 aliphatic rings. The fourth-order valence-electron chi connectivity index (χ4n) is 1.40. The SMILES string of the molecule is Cn1ncc(C2=NOCCS2)c1S(=O)(=O)N=C=O. The molecule has 1 aromatic rings. The summed E-state index contributed by atoms with van der Waals surface area (Å²) in [5.41, 5.74) is 0.265. The predicted molar refractivity (Wildman–Crippen MR) is 63.5 cm³/mol. The van der Waals surface area contributed by atoms with Crippen molar-refractivity contribution >= 4 is 32.9 Å². The third-order valence-corrected chi connectivity index (χ3v) is 4.30. The molecule has 2 heterocycles. The molecule has 96 valence electrons. The lowest BCUT2D eigenvalue weighted by atomic mass is 10.4. The monoisotopic (exact) mass is 288 g/mol. The van der Waals surface area contributed by atoms with Crippen molar-refractivity contribution in [1.29, 1.82) is 0 Å². The Morgan fingerprint density at radius 3 is 3.00 bits per heavy atom. The number of thioether (sulfide) groups is 1. The summed E-state index contributed by atoms with van der Waals surface area (Å²) in [5, 5.41) is 7.80. The number of aryl methyl sites for hydroxylation is 1. The second-order valence-electron chi connectivity index (χ2n) is 3.22. The Morgan fingerprint density at radius 2 is 2.39 bits per heavy atom. The molecule has 0 spiro atoms. The van der Waals surface area contributed by atoms with Gasteiger partial charge >= 0.3 is 10.0 Å². The van der Waals surface area contributed by atoms with Crippen molar-refractivity contribution in [2.24, 2.45) is 16.6 Å². The molecule has 0 fully saturated rings. The highest BCUT2D eigenvalue weighted by Gasteiger charge is 2.27. The van der Waals surface area contributed by atoms with Crippen LogP contribution in [-0.4, -0.2) is 41.7 Å². The third kappa shape index (κ3) is 2.30. The number of carbonyl (C=O) groups excluding carboxylic acids is 1. The zero-order chi connectivity index (χ0) is 13.2. The summed E-state index contributed by atoms with van der Waals surface area (Å²) in [4.78, 5) is 15.1. The molecule has 0 bridgehead atoms. The van der Waals surface area contributed by atoms with Crippen LogP contribution in [0.15, 0.2) is 20.8 Å². The molecule has 0 aliphatic carbocycles. The molecule has 1 aliphatic heterocycles. The largest absolute Gasteiger partial charge is 0.394 e. The van der Waals surface area contributed by atoms with Gasteiger partial charge in [0, 0.05) is 12.8 Å². The summed E-state index contributed by atoms with van der Waals surface area (Å²) in [5.74, 6) is 0.657. The minimum Gasteiger partial charge on any atom is -0.394 e. The van der Waals surface area contributed by atoms with Crippen molar-refractivity contribution in [2.75, 3.05) is 12.4 Å². The summed E-state index contributed by atoms with van der Waals surface area (Å²) in [6, 6.07) is 0. The molecule has 0 atom stereocenters. The Morgan fingerprint density at radius 1 is 1.61 bits per heavy atom. The fraction of sp³-hybridized carbons (Fsp3) is 0.375. The van der Waals surface area contributed by atoms with E-state index in [-0.39, 0.29) is 10.6 Å². The van der Waals surface area contributed by atoms with Crippen molar-refractivity contribution in [3.63, 3.8) is 0 Å². The quantitative estimate of drug-likeness (QED) is 0.567. The lowest BCUT2D eigenvalue weighted by Gasteiger charge is -2.10. The van der Waals surface area contributed by atoms with Gasteiger partial charge < -0.3 is 4.84 Å². The molecule has 8 nitrogen and oxygen atoms in total. The predicted octanol–water partition coefficient (Wildman–Crippen LogP) is -0.130. The molecule has 18 heavy (non-hydrogen) atoms. The summed E-state index contributed by atoms with van der Waals surface area (Å²) < 4.78 is 27.5. The van der Waals surface area contributed by atoms with Crippen LogP contribution in [0.1, 0.15) is 5.56 Å². The van der Waals surface area contributed by atoms with E-state index in [9.17, 15) is 13.2 Å². The number of isocyanates is 1. The molecule has 2 rings (SSSR count). The van der Waals surface area contributed by atoms with E-state index in [0.29, 0.717) is 17.4 Å². The lowest BCUT2D eigenvalue weighted by molar-refractivity contribution is 0.160. The van der Waals surface area contributed by atoms with Crippen LogP contribution in [0.5, 0.6) is 0 Å². The summed E-state index contributed by atoms with van der Waals surface area (Å²) in [6.07, 6.45) is 2.36. The van der Waals surface area contributed by atoms with E-state index in [4.69, 9.17) is 4.84 Å². The van der Waals surface area contributed by atoms with Gasteiger partial charge in [0.15, 0.2) is 5.03 Å². The molecule has 1 aromatic heterocycles. The van der Waals surface area contributed by atoms with Gasteiger partial charge in [0.25, 0.3) is 6.08 Å². The molecule has 0 saturated carbocycles. The number of hydrogen-bond acceptors (Lipinski definition) is 7. The van der Waals surface area contributed by atoms with Crippen LogP contribution in [0, 0.1) is 0 Å². The molecule has 10 heteroatoms. The molecular weight excluding hydrogens is 280 g/mol. The maximum Gasteiger partial charge on any atom is 0.310 e. The summed E-state index contributed by atoms with van der Waals surface area (Å²) >= 11 is 1.35. The topological polar surface area (TPSA) is 103 Å². The van der Waals surface area contributed by atoms with Crippen molar-refractivity contribution in [2.45, 2.75) is 5.03 Å². The van der Waals surface area contributed by atoms with Crippen molar-refractivity contribution in [3.8, 4) is 0 Å². The van der Waals surface area contributed by atoms with Crippen LogP contribution < -0.4 is 0 Å². The third-order valence-electron chi connectivity index (χ3n) is 2.08. The molecular formula is C8H8N4O4S2. The van der Waals surface area contributed by atoms with Gasteiger partial charge in [-0.15, -0.1) is 0 Å². The number of rotatable bonds is 3. The van der Waals surface area contributed by atoms with E-state index in [2.05, 4.69) is 14.7 Å². The first-order chi connectivity index (χ1) is 8.56. The summed E-state index contributed by atoms with van der Waals surface area (Å²) in [7, 11) is -2.69. The average molecular weight is 288 g/mol. The van der Waals surface area contributed by atoms with Gasteiger partial charge in [-0.1, -0.05) is 21.3 Å². The first kappa shape index (κ1) is 12.8. The van der Waals surface area contributed by atoms with Crippen molar-refractivity contribution < 1.29 is 18.0 Å². The average Bonchev–Trinajstić information content (AvgIpc) is 2.73. The first-order valence-corrected chi connectivity index (χ1v) is 7.18. The van der Waals surface area contributed by atoms with E-state index in [1.165, 1.54) is 25.0 Å². The van der Waals surface area contributed by atoms with E-state index in [0.717, 1.165) is 10.8 Å². The maximum absolute atomic E-state index is 11.8. The van der Waals surface area contributed by atoms with E-state index < -0.39 is 10.0 Å². The highest BCUT2D eigenvalue weighted by atomic mass is 32.2. The molecule has 0 amide bonds. The van der Waals surface area contributed by atoms with Gasteiger partial charge in [0.2, 0.25) is 0 Å². The van der Waals surface area contributed by atoms with Gasteiger partial charge in [-0.2, -0.15) is 13.5 Å². The van der Waals surface area contributed by atoms with E-state index >= 15 is 0 Å². The first-order valence-electron chi connectivity index (χ1n) is 4.75. The minimum absolute atomic E-state index is 0.206. The van der Waals surface area contributed by atoms with Crippen LogP contribution in [0.3, 0.4) is 0 Å². The van der Waals surface area contributed by atoms with Crippen LogP contribution in [-0.2, 0) is 26.7 Å².